The van der Waals surface area contributed by atoms with Crippen LogP contribution in [0.25, 0.3) is 0 Å². The van der Waals surface area contributed by atoms with E-state index in [2.05, 4.69) is 27.7 Å². The van der Waals surface area contributed by atoms with Crippen molar-refractivity contribution in [3.63, 3.8) is 0 Å². The SMILES string of the molecule is CB1OC(C)(C)C(C)(C)O1.I. The Morgan fingerprint density at radius 3 is 1.27 bits per heavy atom. The fraction of sp³-hybridized carbons (Fsp3) is 1.00. The lowest BCUT2D eigenvalue weighted by molar-refractivity contribution is 0.00578. The number of halogens is 1. The van der Waals surface area contributed by atoms with E-state index < -0.39 is 0 Å². The van der Waals surface area contributed by atoms with Crippen LogP contribution in [0.15, 0.2) is 0 Å². The van der Waals surface area contributed by atoms with Gasteiger partial charge in [0.2, 0.25) is 0 Å². The van der Waals surface area contributed by atoms with E-state index in [0.717, 1.165) is 0 Å². The van der Waals surface area contributed by atoms with Gasteiger partial charge in [-0.1, -0.05) is 0 Å². The lowest BCUT2D eigenvalue weighted by Crippen LogP contribution is -2.41. The molecule has 1 rings (SSSR count). The lowest BCUT2D eigenvalue weighted by atomic mass is 9.90. The maximum atomic E-state index is 5.54. The molecule has 1 aliphatic heterocycles. The van der Waals surface area contributed by atoms with Crippen molar-refractivity contribution in [2.45, 2.75) is 45.7 Å². The Hall–Kier alpha value is 0.715. The molecule has 0 aromatic heterocycles. The Morgan fingerprint density at radius 2 is 1.18 bits per heavy atom. The van der Waals surface area contributed by atoms with Crippen LogP contribution in [-0.2, 0) is 9.31 Å². The van der Waals surface area contributed by atoms with Crippen LogP contribution in [-0.4, -0.2) is 18.3 Å². The quantitative estimate of drug-likeness (QED) is 0.496. The first kappa shape index (κ1) is 11.7. The average molecular weight is 270 g/mol. The molecule has 0 aromatic rings. The fourth-order valence-corrected chi connectivity index (χ4v) is 1.14. The van der Waals surface area contributed by atoms with Crippen LogP contribution in [0.5, 0.6) is 0 Å². The molecule has 1 aliphatic rings. The lowest BCUT2D eigenvalue weighted by Gasteiger charge is -2.32. The molecule has 1 heterocycles. The largest absolute Gasteiger partial charge is 0.454 e. The summed E-state index contributed by atoms with van der Waals surface area (Å²) in [6.45, 7) is 10.1. The molecule has 0 aromatic carbocycles. The van der Waals surface area contributed by atoms with Crippen LogP contribution < -0.4 is 0 Å². The third-order valence-electron chi connectivity index (χ3n) is 2.37. The topological polar surface area (TPSA) is 18.5 Å². The summed E-state index contributed by atoms with van der Waals surface area (Å²) < 4.78 is 11.1. The first-order valence-corrected chi connectivity index (χ1v) is 3.71. The van der Waals surface area contributed by atoms with Crippen molar-refractivity contribution in [3.05, 3.63) is 0 Å². The molecule has 66 valence electrons. The van der Waals surface area contributed by atoms with Gasteiger partial charge in [-0.05, 0) is 34.5 Å². The highest BCUT2D eigenvalue weighted by Gasteiger charge is 2.48. The van der Waals surface area contributed by atoms with Gasteiger partial charge in [-0.2, -0.15) is 0 Å². The van der Waals surface area contributed by atoms with Crippen molar-refractivity contribution in [1.82, 2.24) is 0 Å². The Morgan fingerprint density at radius 1 is 0.909 bits per heavy atom. The van der Waals surface area contributed by atoms with E-state index in [-0.39, 0.29) is 42.3 Å². The van der Waals surface area contributed by atoms with E-state index in [9.17, 15) is 0 Å². The highest BCUT2D eigenvalue weighted by Crippen LogP contribution is 2.36. The molecule has 0 N–H and O–H groups in total. The van der Waals surface area contributed by atoms with Crippen molar-refractivity contribution in [3.8, 4) is 0 Å². The predicted octanol–water partition coefficient (Wildman–Crippen LogP) is 2.33. The van der Waals surface area contributed by atoms with Gasteiger partial charge < -0.3 is 9.31 Å². The Balaban J connectivity index is 0.000001000. The van der Waals surface area contributed by atoms with E-state index >= 15 is 0 Å². The van der Waals surface area contributed by atoms with Gasteiger partial charge in [0, 0.05) is 0 Å². The zero-order valence-corrected chi connectivity index (χ0v) is 10.1. The van der Waals surface area contributed by atoms with Crippen molar-refractivity contribution in [2.24, 2.45) is 0 Å². The van der Waals surface area contributed by atoms with E-state index in [4.69, 9.17) is 9.31 Å². The Labute approximate surface area is 86.2 Å². The first-order chi connectivity index (χ1) is 4.35. The number of hydrogen-bond acceptors (Lipinski definition) is 2. The highest BCUT2D eigenvalue weighted by molar-refractivity contribution is 14.0. The van der Waals surface area contributed by atoms with Crippen molar-refractivity contribution in [1.29, 1.82) is 0 Å². The maximum absolute atomic E-state index is 5.54. The summed E-state index contributed by atoms with van der Waals surface area (Å²) in [4.78, 5) is 0. The summed E-state index contributed by atoms with van der Waals surface area (Å²) in [5, 5.41) is 0. The minimum absolute atomic E-state index is 0. The molecule has 2 nitrogen and oxygen atoms in total. The van der Waals surface area contributed by atoms with E-state index in [1.807, 2.05) is 6.82 Å². The van der Waals surface area contributed by atoms with Crippen LogP contribution in [0, 0.1) is 0 Å². The van der Waals surface area contributed by atoms with Gasteiger partial charge >= 0.3 is 7.12 Å². The van der Waals surface area contributed by atoms with Crippen LogP contribution in [0.4, 0.5) is 0 Å². The third-order valence-corrected chi connectivity index (χ3v) is 2.37. The average Bonchev–Trinajstić information content (AvgIpc) is 1.73. The standard InChI is InChI=1S/C7H15BO2.HI/c1-6(2)7(3,4)10-8(5)9-6;/h1-5H3;1H. The second-order valence-corrected chi connectivity index (χ2v) is 3.82. The molecule has 1 saturated heterocycles. The molecule has 0 aliphatic carbocycles. The zero-order chi connectivity index (χ0) is 7.99. The van der Waals surface area contributed by atoms with Crippen molar-refractivity contribution in [2.75, 3.05) is 0 Å². The smallest absolute Gasteiger partial charge is 0.403 e. The van der Waals surface area contributed by atoms with Crippen LogP contribution in [0.1, 0.15) is 27.7 Å². The molecule has 11 heavy (non-hydrogen) atoms. The third kappa shape index (κ3) is 2.09. The number of hydrogen-bond donors (Lipinski definition) is 0. The molecular weight excluding hydrogens is 254 g/mol. The van der Waals surface area contributed by atoms with Gasteiger partial charge in [-0.25, -0.2) is 0 Å². The zero-order valence-electron chi connectivity index (χ0n) is 7.80. The minimum atomic E-state index is -0.160. The van der Waals surface area contributed by atoms with Gasteiger partial charge in [-0.15, -0.1) is 24.0 Å². The fourth-order valence-electron chi connectivity index (χ4n) is 1.14. The molecular formula is C7H16BIO2. The summed E-state index contributed by atoms with van der Waals surface area (Å²) in [5.41, 5.74) is -0.321. The van der Waals surface area contributed by atoms with Gasteiger partial charge in [-0.3, -0.25) is 0 Å². The second-order valence-electron chi connectivity index (χ2n) is 3.82. The highest BCUT2D eigenvalue weighted by atomic mass is 127. The van der Waals surface area contributed by atoms with Crippen LogP contribution in [0.3, 0.4) is 0 Å². The second kappa shape index (κ2) is 3.22. The maximum Gasteiger partial charge on any atom is 0.454 e. The minimum Gasteiger partial charge on any atom is -0.403 e. The van der Waals surface area contributed by atoms with Gasteiger partial charge in [0.25, 0.3) is 0 Å². The van der Waals surface area contributed by atoms with Gasteiger partial charge in [0.15, 0.2) is 0 Å². The monoisotopic (exact) mass is 270 g/mol. The summed E-state index contributed by atoms with van der Waals surface area (Å²) in [6, 6.07) is 0. The molecule has 0 amide bonds. The molecule has 0 unspecified atom stereocenters. The molecule has 0 bridgehead atoms. The molecule has 0 spiro atoms. The molecule has 0 radical (unpaired) electrons. The first-order valence-electron chi connectivity index (χ1n) is 3.71. The van der Waals surface area contributed by atoms with Crippen LogP contribution >= 0.6 is 24.0 Å². The van der Waals surface area contributed by atoms with E-state index in [1.165, 1.54) is 0 Å². The molecule has 0 saturated carbocycles. The Bertz CT molecular complexity index is 131. The summed E-state index contributed by atoms with van der Waals surface area (Å²) in [5.74, 6) is 0. The molecule has 1 fully saturated rings. The summed E-state index contributed by atoms with van der Waals surface area (Å²) in [7, 11) is -0.0648. The normalized spacial score (nSPS) is 26.5. The molecule has 4 heteroatoms. The summed E-state index contributed by atoms with van der Waals surface area (Å²) in [6.07, 6.45) is 0. The summed E-state index contributed by atoms with van der Waals surface area (Å²) >= 11 is 0. The van der Waals surface area contributed by atoms with E-state index in [0.29, 0.717) is 0 Å². The predicted molar refractivity (Wildman–Crippen MR) is 57.4 cm³/mol. The van der Waals surface area contributed by atoms with Crippen molar-refractivity contribution < 1.29 is 9.31 Å². The van der Waals surface area contributed by atoms with E-state index in [1.54, 1.807) is 0 Å². The van der Waals surface area contributed by atoms with Crippen LogP contribution in [0.2, 0.25) is 6.82 Å². The van der Waals surface area contributed by atoms with Crippen molar-refractivity contribution >= 4 is 31.1 Å². The number of rotatable bonds is 0. The van der Waals surface area contributed by atoms with Gasteiger partial charge in [0.1, 0.15) is 0 Å². The van der Waals surface area contributed by atoms with Gasteiger partial charge in [0.05, 0.1) is 11.2 Å². The Kier molecular flexibility index (Phi) is 3.43. The molecule has 0 atom stereocenters.